The Hall–Kier alpha value is -2.93. The minimum atomic E-state index is -0.349. The summed E-state index contributed by atoms with van der Waals surface area (Å²) in [5, 5.41) is 5.75. The summed E-state index contributed by atoms with van der Waals surface area (Å²) in [6.07, 6.45) is 2.60. The highest BCUT2D eigenvalue weighted by Gasteiger charge is 2.42. The second-order valence-corrected chi connectivity index (χ2v) is 9.11. The molecule has 2 atom stereocenters. The van der Waals surface area contributed by atoms with Gasteiger partial charge in [-0.1, -0.05) is 32.9 Å². The van der Waals surface area contributed by atoms with E-state index in [4.69, 9.17) is 0 Å². The van der Waals surface area contributed by atoms with Gasteiger partial charge in [-0.15, -0.1) is 0 Å². The van der Waals surface area contributed by atoms with Crippen molar-refractivity contribution in [3.63, 3.8) is 0 Å². The van der Waals surface area contributed by atoms with Crippen molar-refractivity contribution in [2.75, 3.05) is 43.4 Å². The molecule has 32 heavy (non-hydrogen) atoms. The van der Waals surface area contributed by atoms with Crippen LogP contribution in [0.4, 0.5) is 11.4 Å². The fourth-order valence-electron chi connectivity index (χ4n) is 4.72. The van der Waals surface area contributed by atoms with Crippen LogP contribution in [0.1, 0.15) is 54.7 Å². The molecule has 1 aromatic carbocycles. The van der Waals surface area contributed by atoms with Crippen LogP contribution in [-0.4, -0.2) is 54.9 Å². The summed E-state index contributed by atoms with van der Waals surface area (Å²) >= 11 is 0. The molecule has 1 fully saturated rings. The van der Waals surface area contributed by atoms with E-state index in [1.807, 2.05) is 6.07 Å². The third kappa shape index (κ3) is 4.09. The lowest BCUT2D eigenvalue weighted by Gasteiger charge is -2.39. The van der Waals surface area contributed by atoms with E-state index in [0.717, 1.165) is 50.5 Å². The summed E-state index contributed by atoms with van der Waals surface area (Å²) in [5.74, 6) is 0.162. The van der Waals surface area contributed by atoms with Crippen molar-refractivity contribution < 1.29 is 9.59 Å². The molecular weight excluding hydrogens is 402 g/mol. The van der Waals surface area contributed by atoms with E-state index in [-0.39, 0.29) is 23.1 Å². The van der Waals surface area contributed by atoms with Gasteiger partial charge in [0.05, 0.1) is 17.3 Å². The molecule has 3 heterocycles. The lowest BCUT2D eigenvalue weighted by Crippen LogP contribution is -2.46. The van der Waals surface area contributed by atoms with E-state index in [0.29, 0.717) is 5.69 Å². The van der Waals surface area contributed by atoms with E-state index in [2.05, 4.69) is 64.4 Å². The zero-order valence-electron chi connectivity index (χ0n) is 19.4. The van der Waals surface area contributed by atoms with Gasteiger partial charge in [0.25, 0.3) is 5.91 Å². The van der Waals surface area contributed by atoms with Crippen molar-refractivity contribution >= 4 is 23.2 Å². The topological polar surface area (TPSA) is 77.6 Å². The summed E-state index contributed by atoms with van der Waals surface area (Å²) in [6.45, 7) is 10.9. The molecule has 2 N–H and O–H groups in total. The van der Waals surface area contributed by atoms with Gasteiger partial charge < -0.3 is 15.5 Å². The van der Waals surface area contributed by atoms with E-state index in [1.54, 1.807) is 19.3 Å². The Labute approximate surface area is 190 Å². The number of nitrogens with zero attached hydrogens (tertiary/aromatic N) is 3. The van der Waals surface area contributed by atoms with Crippen molar-refractivity contribution in [2.24, 2.45) is 5.41 Å². The predicted octanol–water partition coefficient (Wildman–Crippen LogP) is 3.24. The maximum Gasteiger partial charge on any atom is 0.269 e. The number of anilines is 2. The zero-order valence-corrected chi connectivity index (χ0v) is 19.4. The van der Waals surface area contributed by atoms with Gasteiger partial charge in [0.2, 0.25) is 5.91 Å². The molecule has 170 valence electrons. The van der Waals surface area contributed by atoms with Crippen molar-refractivity contribution in [1.29, 1.82) is 0 Å². The number of hydrogen-bond acceptors (Lipinski definition) is 5. The van der Waals surface area contributed by atoms with Gasteiger partial charge in [0.15, 0.2) is 0 Å². The Bertz CT molecular complexity index is 998. The highest BCUT2D eigenvalue weighted by atomic mass is 16.2. The molecule has 0 saturated carbocycles. The molecule has 1 aromatic heterocycles. The Morgan fingerprint density at radius 3 is 2.59 bits per heavy atom. The van der Waals surface area contributed by atoms with Crippen LogP contribution in [0.15, 0.2) is 36.5 Å². The van der Waals surface area contributed by atoms with Gasteiger partial charge in [-0.2, -0.15) is 0 Å². The zero-order chi connectivity index (χ0) is 22.9. The van der Waals surface area contributed by atoms with E-state index >= 15 is 0 Å². The first-order valence-electron chi connectivity index (χ1n) is 11.5. The maximum absolute atomic E-state index is 12.7. The van der Waals surface area contributed by atoms with Gasteiger partial charge in [-0.3, -0.25) is 14.5 Å². The van der Waals surface area contributed by atoms with Gasteiger partial charge >= 0.3 is 0 Å². The summed E-state index contributed by atoms with van der Waals surface area (Å²) < 4.78 is 0. The smallest absolute Gasteiger partial charge is 0.269 e. The summed E-state index contributed by atoms with van der Waals surface area (Å²) in [5.41, 5.74) is 4.55. The number of hydrogen-bond donors (Lipinski definition) is 2. The minimum Gasteiger partial charge on any atom is -0.368 e. The first-order valence-corrected chi connectivity index (χ1v) is 11.5. The van der Waals surface area contributed by atoms with Crippen LogP contribution in [0.3, 0.4) is 0 Å². The molecule has 7 heteroatoms. The number of carbonyl (C=O) groups is 2. The summed E-state index contributed by atoms with van der Waals surface area (Å²) in [6, 6.07) is 10.3. The number of aromatic nitrogens is 1. The van der Waals surface area contributed by atoms with Crippen LogP contribution in [0, 0.1) is 5.41 Å². The van der Waals surface area contributed by atoms with E-state index in [1.165, 1.54) is 11.1 Å². The minimum absolute atomic E-state index is 0.127. The van der Waals surface area contributed by atoms with E-state index < -0.39 is 0 Å². The van der Waals surface area contributed by atoms with Crippen LogP contribution in [0.25, 0.3) is 0 Å². The molecule has 0 radical (unpaired) electrons. The molecule has 2 amide bonds. The van der Waals surface area contributed by atoms with Crippen molar-refractivity contribution in [2.45, 2.75) is 39.7 Å². The van der Waals surface area contributed by atoms with Crippen molar-refractivity contribution in [3.05, 3.63) is 53.3 Å². The second kappa shape index (κ2) is 8.90. The Morgan fingerprint density at radius 2 is 1.97 bits per heavy atom. The average molecular weight is 436 g/mol. The van der Waals surface area contributed by atoms with Gasteiger partial charge in [-0.25, -0.2) is 4.98 Å². The standard InChI is InChI=1S/C25H33N5O2/c1-5-25(3)17(2)20-8-6-18(14-22(20)28-24(25)32)16-29-10-12-30(13-11-29)19-7-9-21(27-15-19)23(31)26-4/h6-9,14-15,17H,5,10-13,16H2,1-4H3,(H,26,31)(H,28,32)/t17-,25?/m1/s1. The van der Waals surface area contributed by atoms with E-state index in [9.17, 15) is 9.59 Å². The first kappa shape index (κ1) is 22.3. The van der Waals surface area contributed by atoms with Crippen LogP contribution in [-0.2, 0) is 11.3 Å². The van der Waals surface area contributed by atoms with Crippen molar-refractivity contribution in [1.82, 2.24) is 15.2 Å². The molecule has 0 spiro atoms. The predicted molar refractivity (Wildman–Crippen MR) is 127 cm³/mol. The number of pyridine rings is 1. The lowest BCUT2D eigenvalue weighted by atomic mass is 9.69. The molecule has 1 saturated heterocycles. The number of nitrogens with one attached hydrogen (secondary N) is 2. The second-order valence-electron chi connectivity index (χ2n) is 9.11. The molecule has 2 aliphatic rings. The third-order valence-electron chi connectivity index (χ3n) is 7.39. The molecule has 2 aliphatic heterocycles. The molecular formula is C25H33N5O2. The van der Waals surface area contributed by atoms with Crippen LogP contribution < -0.4 is 15.5 Å². The highest BCUT2D eigenvalue weighted by molar-refractivity contribution is 5.99. The molecule has 7 nitrogen and oxygen atoms in total. The Balaban J connectivity index is 1.37. The molecule has 0 aliphatic carbocycles. The molecule has 4 rings (SSSR count). The number of benzene rings is 1. The van der Waals surface area contributed by atoms with Crippen molar-refractivity contribution in [3.8, 4) is 0 Å². The number of fused-ring (bicyclic) bond motifs is 1. The molecule has 1 unspecified atom stereocenters. The first-order chi connectivity index (χ1) is 15.4. The van der Waals surface area contributed by atoms with Gasteiger partial charge in [-0.05, 0) is 41.7 Å². The third-order valence-corrected chi connectivity index (χ3v) is 7.39. The van der Waals surface area contributed by atoms with Crippen LogP contribution in [0.2, 0.25) is 0 Å². The fourth-order valence-corrected chi connectivity index (χ4v) is 4.72. The largest absolute Gasteiger partial charge is 0.368 e. The quantitative estimate of drug-likeness (QED) is 0.754. The van der Waals surface area contributed by atoms with Gasteiger partial charge in [0, 0.05) is 45.5 Å². The van der Waals surface area contributed by atoms with Gasteiger partial charge in [0.1, 0.15) is 5.69 Å². The lowest BCUT2D eigenvalue weighted by molar-refractivity contribution is -0.126. The van der Waals surface area contributed by atoms with Crippen LogP contribution >= 0.6 is 0 Å². The average Bonchev–Trinajstić information content (AvgIpc) is 2.82. The Kier molecular flexibility index (Phi) is 6.20. The summed E-state index contributed by atoms with van der Waals surface area (Å²) in [4.78, 5) is 33.4. The highest BCUT2D eigenvalue weighted by Crippen LogP contribution is 2.46. The maximum atomic E-state index is 12.7. The number of amides is 2. The number of piperazine rings is 1. The Morgan fingerprint density at radius 1 is 1.22 bits per heavy atom. The fraction of sp³-hybridized carbons (Fsp3) is 0.480. The van der Waals surface area contributed by atoms with Crippen LogP contribution in [0.5, 0.6) is 0 Å². The SMILES string of the molecule is CCC1(C)C(=O)Nc2cc(CN3CCN(c4ccc(C(=O)NC)nc4)CC3)ccc2[C@H]1C. The number of carbonyl (C=O) groups excluding carboxylic acids is 2. The summed E-state index contributed by atoms with van der Waals surface area (Å²) in [7, 11) is 1.61. The molecule has 2 aromatic rings. The monoisotopic (exact) mass is 435 g/mol. The normalized spacial score (nSPS) is 23.4. The number of rotatable bonds is 5. The molecule has 0 bridgehead atoms.